The Labute approximate surface area is 121 Å². The van der Waals surface area contributed by atoms with E-state index in [1.807, 2.05) is 6.92 Å². The molecule has 0 saturated heterocycles. The molecule has 1 rings (SSSR count). The lowest BCUT2D eigenvalue weighted by Crippen LogP contribution is -2.23. The number of benzene rings is 1. The van der Waals surface area contributed by atoms with E-state index in [0.29, 0.717) is 17.9 Å². The third-order valence-electron chi connectivity index (χ3n) is 3.08. The van der Waals surface area contributed by atoms with Crippen molar-refractivity contribution in [3.05, 3.63) is 23.8 Å². The smallest absolute Gasteiger partial charge is 0.161 e. The molecule has 20 heavy (non-hydrogen) atoms. The maximum atomic E-state index is 11.9. The van der Waals surface area contributed by atoms with Gasteiger partial charge in [0.15, 0.2) is 21.3 Å². The SMILES string of the molecule is CCCCS(=O)(=O)CC(N)c1ccc(OC)c(OC)c1. The van der Waals surface area contributed by atoms with Crippen LogP contribution in [0.5, 0.6) is 11.5 Å². The Balaban J connectivity index is 2.84. The van der Waals surface area contributed by atoms with E-state index in [1.54, 1.807) is 25.3 Å². The summed E-state index contributed by atoms with van der Waals surface area (Å²) in [5.74, 6) is 1.27. The van der Waals surface area contributed by atoms with Crippen molar-refractivity contribution >= 4 is 9.84 Å². The van der Waals surface area contributed by atoms with Gasteiger partial charge in [-0.1, -0.05) is 19.4 Å². The topological polar surface area (TPSA) is 78.6 Å². The molecule has 114 valence electrons. The number of nitrogens with two attached hydrogens (primary N) is 1. The van der Waals surface area contributed by atoms with Crippen LogP contribution >= 0.6 is 0 Å². The van der Waals surface area contributed by atoms with Gasteiger partial charge in [-0.15, -0.1) is 0 Å². The van der Waals surface area contributed by atoms with Gasteiger partial charge in [-0.05, 0) is 24.1 Å². The zero-order chi connectivity index (χ0) is 15.2. The van der Waals surface area contributed by atoms with Crippen LogP contribution in [0, 0.1) is 0 Å². The normalized spacial score (nSPS) is 13.0. The molecule has 1 aromatic carbocycles. The first-order valence-electron chi connectivity index (χ1n) is 6.61. The quantitative estimate of drug-likeness (QED) is 0.793. The van der Waals surface area contributed by atoms with Crippen molar-refractivity contribution in [2.24, 2.45) is 5.73 Å². The molecule has 0 aliphatic heterocycles. The number of rotatable bonds is 8. The minimum atomic E-state index is -3.12. The molecule has 1 aromatic rings. The summed E-state index contributed by atoms with van der Waals surface area (Å²) in [6, 6.07) is 4.66. The van der Waals surface area contributed by atoms with Gasteiger partial charge in [0.1, 0.15) is 0 Å². The lowest BCUT2D eigenvalue weighted by Gasteiger charge is -2.15. The molecule has 0 aliphatic rings. The lowest BCUT2D eigenvalue weighted by molar-refractivity contribution is 0.354. The van der Waals surface area contributed by atoms with Gasteiger partial charge in [0.05, 0.1) is 25.7 Å². The fourth-order valence-electron chi connectivity index (χ4n) is 1.90. The minimum Gasteiger partial charge on any atom is -0.493 e. The van der Waals surface area contributed by atoms with E-state index < -0.39 is 15.9 Å². The van der Waals surface area contributed by atoms with E-state index in [9.17, 15) is 8.42 Å². The zero-order valence-electron chi connectivity index (χ0n) is 12.3. The number of methoxy groups -OCH3 is 2. The molecule has 1 atom stereocenters. The Morgan fingerprint density at radius 2 is 1.85 bits per heavy atom. The average Bonchev–Trinajstić information content (AvgIpc) is 2.43. The molecule has 0 saturated carbocycles. The summed E-state index contributed by atoms with van der Waals surface area (Å²) in [4.78, 5) is 0. The molecule has 6 heteroatoms. The first kappa shape index (κ1) is 16.8. The van der Waals surface area contributed by atoms with Gasteiger partial charge in [-0.25, -0.2) is 8.42 Å². The van der Waals surface area contributed by atoms with Crippen molar-refractivity contribution in [3.63, 3.8) is 0 Å². The number of hydrogen-bond acceptors (Lipinski definition) is 5. The van der Waals surface area contributed by atoms with Crippen LogP contribution in [0.3, 0.4) is 0 Å². The zero-order valence-corrected chi connectivity index (χ0v) is 13.1. The summed E-state index contributed by atoms with van der Waals surface area (Å²) in [6.45, 7) is 1.96. The molecule has 5 nitrogen and oxygen atoms in total. The van der Waals surface area contributed by atoms with Crippen LogP contribution in [-0.4, -0.2) is 34.1 Å². The molecule has 0 aromatic heterocycles. The predicted molar refractivity (Wildman–Crippen MR) is 80.0 cm³/mol. The Hall–Kier alpha value is -1.27. The molecule has 0 bridgehead atoms. The first-order valence-corrected chi connectivity index (χ1v) is 8.43. The second-order valence-electron chi connectivity index (χ2n) is 4.69. The van der Waals surface area contributed by atoms with Crippen LogP contribution in [0.25, 0.3) is 0 Å². The predicted octanol–water partition coefficient (Wildman–Crippen LogP) is 1.92. The van der Waals surface area contributed by atoms with Gasteiger partial charge in [0.25, 0.3) is 0 Å². The summed E-state index contributed by atoms with van der Waals surface area (Å²) in [5.41, 5.74) is 6.72. The van der Waals surface area contributed by atoms with E-state index >= 15 is 0 Å². The molecular formula is C14H23NO4S. The number of hydrogen-bond donors (Lipinski definition) is 1. The largest absolute Gasteiger partial charge is 0.493 e. The number of ether oxygens (including phenoxy) is 2. The molecule has 1 unspecified atom stereocenters. The van der Waals surface area contributed by atoms with Crippen LogP contribution in [0.15, 0.2) is 18.2 Å². The first-order chi connectivity index (χ1) is 9.43. The van der Waals surface area contributed by atoms with E-state index in [4.69, 9.17) is 15.2 Å². The number of sulfone groups is 1. The highest BCUT2D eigenvalue weighted by Gasteiger charge is 2.18. The summed E-state index contributed by atoms with van der Waals surface area (Å²) < 4.78 is 34.2. The number of unbranched alkanes of at least 4 members (excludes halogenated alkanes) is 1. The highest BCUT2D eigenvalue weighted by molar-refractivity contribution is 7.91. The fraction of sp³-hybridized carbons (Fsp3) is 0.571. The maximum absolute atomic E-state index is 11.9. The van der Waals surface area contributed by atoms with Crippen molar-refractivity contribution in [1.29, 1.82) is 0 Å². The van der Waals surface area contributed by atoms with Gasteiger partial charge in [-0.2, -0.15) is 0 Å². The van der Waals surface area contributed by atoms with Crippen LogP contribution in [0.2, 0.25) is 0 Å². The molecule has 0 radical (unpaired) electrons. The van der Waals surface area contributed by atoms with Gasteiger partial charge in [-0.3, -0.25) is 0 Å². The van der Waals surface area contributed by atoms with E-state index in [1.165, 1.54) is 7.11 Å². The molecular weight excluding hydrogens is 278 g/mol. The monoisotopic (exact) mass is 301 g/mol. The maximum Gasteiger partial charge on any atom is 0.161 e. The second kappa shape index (κ2) is 7.50. The van der Waals surface area contributed by atoms with Crippen molar-refractivity contribution in [3.8, 4) is 11.5 Å². The van der Waals surface area contributed by atoms with Crippen LogP contribution in [-0.2, 0) is 9.84 Å². The van der Waals surface area contributed by atoms with Crippen molar-refractivity contribution < 1.29 is 17.9 Å². The molecule has 0 fully saturated rings. The van der Waals surface area contributed by atoms with Gasteiger partial charge in [0, 0.05) is 6.04 Å². The third kappa shape index (κ3) is 4.68. The van der Waals surface area contributed by atoms with Crippen molar-refractivity contribution in [1.82, 2.24) is 0 Å². The Kier molecular flexibility index (Phi) is 6.29. The Bertz CT molecular complexity index is 528. The van der Waals surface area contributed by atoms with Crippen LogP contribution in [0.4, 0.5) is 0 Å². The molecule has 0 aliphatic carbocycles. The highest BCUT2D eigenvalue weighted by atomic mass is 32.2. The average molecular weight is 301 g/mol. The molecule has 0 heterocycles. The van der Waals surface area contributed by atoms with Crippen LogP contribution < -0.4 is 15.2 Å². The Morgan fingerprint density at radius 3 is 2.40 bits per heavy atom. The standard InChI is InChI=1S/C14H23NO4S/c1-4-5-8-20(16,17)10-12(15)11-6-7-13(18-2)14(9-11)19-3/h6-7,9,12H,4-5,8,10,15H2,1-3H3. The van der Waals surface area contributed by atoms with E-state index in [0.717, 1.165) is 12.0 Å². The van der Waals surface area contributed by atoms with Crippen molar-refractivity contribution in [2.75, 3.05) is 25.7 Å². The third-order valence-corrected chi connectivity index (χ3v) is 4.86. The van der Waals surface area contributed by atoms with Crippen molar-refractivity contribution in [2.45, 2.75) is 25.8 Å². The summed E-state index contributed by atoms with van der Waals surface area (Å²) in [5, 5.41) is 0. The van der Waals surface area contributed by atoms with Gasteiger partial charge in [0.2, 0.25) is 0 Å². The van der Waals surface area contributed by atoms with E-state index in [2.05, 4.69) is 0 Å². The van der Waals surface area contributed by atoms with Gasteiger partial charge < -0.3 is 15.2 Å². The minimum absolute atomic E-state index is 0.0531. The summed E-state index contributed by atoms with van der Waals surface area (Å²) in [6.07, 6.45) is 1.52. The fourth-order valence-corrected chi connectivity index (χ4v) is 3.54. The molecule has 0 amide bonds. The van der Waals surface area contributed by atoms with Gasteiger partial charge >= 0.3 is 0 Å². The highest BCUT2D eigenvalue weighted by Crippen LogP contribution is 2.29. The molecule has 0 spiro atoms. The second-order valence-corrected chi connectivity index (χ2v) is 6.92. The Morgan fingerprint density at radius 1 is 1.20 bits per heavy atom. The summed E-state index contributed by atoms with van der Waals surface area (Å²) in [7, 11) is -0.0423. The summed E-state index contributed by atoms with van der Waals surface area (Å²) >= 11 is 0. The van der Waals surface area contributed by atoms with E-state index in [-0.39, 0.29) is 11.5 Å². The molecule has 2 N–H and O–H groups in total. The lowest BCUT2D eigenvalue weighted by atomic mass is 10.1. The van der Waals surface area contributed by atoms with Crippen LogP contribution in [0.1, 0.15) is 31.4 Å².